The molecular formula is C20H23FN2O3S. The van der Waals surface area contributed by atoms with Gasteiger partial charge in [0.1, 0.15) is 5.82 Å². The van der Waals surface area contributed by atoms with Gasteiger partial charge < -0.3 is 10.1 Å². The van der Waals surface area contributed by atoms with Crippen LogP contribution in [0.2, 0.25) is 0 Å². The molecule has 7 heteroatoms. The van der Waals surface area contributed by atoms with E-state index in [1.807, 2.05) is 22.4 Å². The molecule has 5 nitrogen and oxygen atoms in total. The number of rotatable bonds is 6. The van der Waals surface area contributed by atoms with Gasteiger partial charge in [-0.3, -0.25) is 14.5 Å². The van der Waals surface area contributed by atoms with E-state index in [0.29, 0.717) is 25.9 Å². The minimum absolute atomic E-state index is 0.0765. The van der Waals surface area contributed by atoms with Crippen molar-refractivity contribution in [1.29, 1.82) is 0 Å². The molecule has 1 amide bonds. The van der Waals surface area contributed by atoms with Crippen molar-refractivity contribution in [2.75, 3.05) is 26.7 Å². The topological polar surface area (TPSA) is 58.6 Å². The SMILES string of the molecule is COC(=O)C1CCN(CC(=O)N[C@H](c2ccc(F)cc2)c2cccs2)CC1. The number of methoxy groups -OCH3 is 1. The molecule has 0 aliphatic carbocycles. The summed E-state index contributed by atoms with van der Waals surface area (Å²) in [6.45, 7) is 1.65. The summed E-state index contributed by atoms with van der Waals surface area (Å²) in [5, 5.41) is 5.02. The van der Waals surface area contributed by atoms with Crippen LogP contribution in [0, 0.1) is 11.7 Å². The van der Waals surface area contributed by atoms with Crippen LogP contribution in [0.5, 0.6) is 0 Å². The van der Waals surface area contributed by atoms with E-state index in [2.05, 4.69) is 5.32 Å². The second kappa shape index (κ2) is 9.10. The fourth-order valence-electron chi connectivity index (χ4n) is 3.33. The number of esters is 1. The minimum atomic E-state index is -0.302. The van der Waals surface area contributed by atoms with Crippen molar-refractivity contribution in [3.05, 3.63) is 58.0 Å². The van der Waals surface area contributed by atoms with Gasteiger partial charge in [0.2, 0.25) is 5.91 Å². The average molecular weight is 390 g/mol. The Bertz CT molecular complexity index is 756. The van der Waals surface area contributed by atoms with Crippen LogP contribution >= 0.6 is 11.3 Å². The van der Waals surface area contributed by atoms with E-state index in [-0.39, 0.29) is 36.2 Å². The molecule has 1 aliphatic rings. The number of hydrogen-bond donors (Lipinski definition) is 1. The Morgan fingerprint density at radius 2 is 1.96 bits per heavy atom. The summed E-state index contributed by atoms with van der Waals surface area (Å²) >= 11 is 1.55. The van der Waals surface area contributed by atoms with Crippen molar-refractivity contribution in [1.82, 2.24) is 10.2 Å². The van der Waals surface area contributed by atoms with E-state index in [4.69, 9.17) is 4.74 Å². The second-order valence-corrected chi connectivity index (χ2v) is 7.62. The van der Waals surface area contributed by atoms with Crippen LogP contribution in [-0.2, 0) is 14.3 Å². The van der Waals surface area contributed by atoms with Crippen LogP contribution in [-0.4, -0.2) is 43.5 Å². The van der Waals surface area contributed by atoms with Crippen molar-refractivity contribution in [3.63, 3.8) is 0 Å². The van der Waals surface area contributed by atoms with E-state index < -0.39 is 0 Å². The minimum Gasteiger partial charge on any atom is -0.469 e. The second-order valence-electron chi connectivity index (χ2n) is 6.64. The lowest BCUT2D eigenvalue weighted by Crippen LogP contribution is -2.43. The van der Waals surface area contributed by atoms with Crippen LogP contribution in [0.1, 0.15) is 29.3 Å². The third-order valence-corrected chi connectivity index (χ3v) is 5.76. The van der Waals surface area contributed by atoms with Gasteiger partial charge in [0, 0.05) is 4.88 Å². The third-order valence-electron chi connectivity index (χ3n) is 4.83. The first-order valence-corrected chi connectivity index (χ1v) is 9.83. The van der Waals surface area contributed by atoms with Gasteiger partial charge >= 0.3 is 5.97 Å². The number of benzene rings is 1. The zero-order valence-electron chi connectivity index (χ0n) is 15.2. The van der Waals surface area contributed by atoms with Gasteiger partial charge in [-0.1, -0.05) is 18.2 Å². The number of likely N-dealkylation sites (tertiary alicyclic amines) is 1. The van der Waals surface area contributed by atoms with E-state index >= 15 is 0 Å². The van der Waals surface area contributed by atoms with E-state index in [1.165, 1.54) is 19.2 Å². The molecule has 1 N–H and O–H groups in total. The molecule has 0 bridgehead atoms. The standard InChI is InChI=1S/C20H23FN2O3S/c1-26-20(25)15-8-10-23(11-9-15)13-18(24)22-19(17-3-2-12-27-17)14-4-6-16(21)7-5-14/h2-7,12,15,19H,8-11,13H2,1H3,(H,22,24)/t19-/m1/s1. The van der Waals surface area contributed by atoms with Gasteiger partial charge in [-0.2, -0.15) is 0 Å². The van der Waals surface area contributed by atoms with Gasteiger partial charge in [-0.05, 0) is 55.1 Å². The quantitative estimate of drug-likeness (QED) is 0.771. The normalized spacial score (nSPS) is 16.7. The van der Waals surface area contributed by atoms with Crippen LogP contribution < -0.4 is 5.32 Å². The largest absolute Gasteiger partial charge is 0.469 e. The first-order chi connectivity index (χ1) is 13.1. The Kier molecular flexibility index (Phi) is 6.58. The monoisotopic (exact) mass is 390 g/mol. The average Bonchev–Trinajstić information content (AvgIpc) is 3.21. The lowest BCUT2D eigenvalue weighted by atomic mass is 9.97. The number of carbonyl (C=O) groups is 2. The van der Waals surface area contributed by atoms with Crippen LogP contribution in [0.3, 0.4) is 0 Å². The lowest BCUT2D eigenvalue weighted by molar-refractivity contribution is -0.147. The molecule has 0 unspecified atom stereocenters. The molecule has 1 fully saturated rings. The lowest BCUT2D eigenvalue weighted by Gasteiger charge is -2.30. The molecule has 27 heavy (non-hydrogen) atoms. The number of piperidine rings is 1. The molecule has 144 valence electrons. The molecule has 0 spiro atoms. The van der Waals surface area contributed by atoms with Crippen molar-refractivity contribution in [3.8, 4) is 0 Å². The number of halogens is 1. The first kappa shape index (κ1) is 19.5. The third kappa shape index (κ3) is 5.14. The van der Waals surface area contributed by atoms with Gasteiger partial charge in [0.05, 0.1) is 25.6 Å². The molecule has 1 aliphatic heterocycles. The maximum Gasteiger partial charge on any atom is 0.308 e. The first-order valence-electron chi connectivity index (χ1n) is 8.95. The summed E-state index contributed by atoms with van der Waals surface area (Å²) < 4.78 is 18.0. The van der Waals surface area contributed by atoms with E-state index in [0.717, 1.165) is 10.4 Å². The molecule has 3 rings (SSSR count). The predicted molar refractivity (Wildman–Crippen MR) is 102 cm³/mol. The predicted octanol–water partition coefficient (Wildman–Crippen LogP) is 2.98. The van der Waals surface area contributed by atoms with Crippen molar-refractivity contribution in [2.45, 2.75) is 18.9 Å². The Morgan fingerprint density at radius 3 is 2.56 bits per heavy atom. The van der Waals surface area contributed by atoms with Crippen LogP contribution in [0.25, 0.3) is 0 Å². The summed E-state index contributed by atoms with van der Waals surface area (Å²) in [6, 6.07) is 9.79. The molecular weight excluding hydrogens is 367 g/mol. The zero-order chi connectivity index (χ0) is 19.2. The highest BCUT2D eigenvalue weighted by atomic mass is 32.1. The van der Waals surface area contributed by atoms with Crippen molar-refractivity contribution in [2.24, 2.45) is 5.92 Å². The van der Waals surface area contributed by atoms with Gasteiger partial charge in [-0.25, -0.2) is 4.39 Å². The number of hydrogen-bond acceptors (Lipinski definition) is 5. The maximum absolute atomic E-state index is 13.3. The Labute approximate surface area is 162 Å². The van der Waals surface area contributed by atoms with Gasteiger partial charge in [0.25, 0.3) is 0 Å². The Morgan fingerprint density at radius 1 is 1.26 bits per heavy atom. The number of thiophene rings is 1. The van der Waals surface area contributed by atoms with E-state index in [9.17, 15) is 14.0 Å². The number of nitrogens with zero attached hydrogens (tertiary/aromatic N) is 1. The number of carbonyl (C=O) groups excluding carboxylic acids is 2. The maximum atomic E-state index is 13.3. The van der Waals surface area contributed by atoms with E-state index in [1.54, 1.807) is 23.5 Å². The van der Waals surface area contributed by atoms with Crippen molar-refractivity contribution >= 4 is 23.2 Å². The fourth-order valence-corrected chi connectivity index (χ4v) is 4.14. The van der Waals surface area contributed by atoms with Gasteiger partial charge in [0.15, 0.2) is 0 Å². The van der Waals surface area contributed by atoms with Crippen molar-refractivity contribution < 1.29 is 18.7 Å². The molecule has 1 aromatic heterocycles. The fraction of sp³-hybridized carbons (Fsp3) is 0.400. The summed E-state index contributed by atoms with van der Waals surface area (Å²) in [5.41, 5.74) is 0.844. The molecule has 1 saturated heterocycles. The highest BCUT2D eigenvalue weighted by molar-refractivity contribution is 7.10. The molecule has 1 aromatic carbocycles. The molecule has 0 radical (unpaired) electrons. The Balaban J connectivity index is 1.60. The summed E-state index contributed by atoms with van der Waals surface area (Å²) in [4.78, 5) is 27.3. The summed E-state index contributed by atoms with van der Waals surface area (Å²) in [7, 11) is 1.41. The molecule has 2 heterocycles. The smallest absolute Gasteiger partial charge is 0.308 e. The molecule has 0 saturated carbocycles. The number of ether oxygens (including phenoxy) is 1. The van der Waals surface area contributed by atoms with Crippen LogP contribution in [0.4, 0.5) is 4.39 Å². The molecule has 1 atom stereocenters. The summed E-state index contributed by atoms with van der Waals surface area (Å²) in [5.74, 6) is -0.640. The highest BCUT2D eigenvalue weighted by Crippen LogP contribution is 2.26. The zero-order valence-corrected chi connectivity index (χ0v) is 16.0. The Hall–Kier alpha value is -2.25. The number of nitrogens with one attached hydrogen (secondary N) is 1. The van der Waals surface area contributed by atoms with Crippen LogP contribution in [0.15, 0.2) is 41.8 Å². The molecule has 2 aromatic rings. The summed E-state index contributed by atoms with van der Waals surface area (Å²) in [6.07, 6.45) is 1.40. The number of amides is 1. The highest BCUT2D eigenvalue weighted by Gasteiger charge is 2.27. The van der Waals surface area contributed by atoms with Gasteiger partial charge in [-0.15, -0.1) is 11.3 Å².